The average molecular weight is 323 g/mol. The highest BCUT2D eigenvalue weighted by molar-refractivity contribution is 5.53. The summed E-state index contributed by atoms with van der Waals surface area (Å²) in [6.45, 7) is 0.688. The Kier molecular flexibility index (Phi) is 4.77. The van der Waals surface area contributed by atoms with E-state index in [2.05, 4.69) is 20.4 Å². The van der Waals surface area contributed by atoms with Crippen molar-refractivity contribution >= 4 is 5.82 Å². The van der Waals surface area contributed by atoms with Crippen LogP contribution >= 0.6 is 0 Å². The van der Waals surface area contributed by atoms with Gasteiger partial charge in [-0.25, -0.2) is 9.37 Å². The van der Waals surface area contributed by atoms with Gasteiger partial charge in [-0.15, -0.1) is 0 Å². The van der Waals surface area contributed by atoms with Crippen LogP contribution in [0, 0.1) is 17.1 Å². The number of aromatic nitrogens is 3. The molecule has 6 nitrogen and oxygen atoms in total. The minimum atomic E-state index is -0.301. The molecule has 0 saturated carbocycles. The predicted octanol–water partition coefficient (Wildman–Crippen LogP) is 3.19. The molecule has 24 heavy (non-hydrogen) atoms. The van der Waals surface area contributed by atoms with Crippen LogP contribution in [0.3, 0.4) is 0 Å². The molecule has 0 saturated heterocycles. The van der Waals surface area contributed by atoms with Gasteiger partial charge >= 0.3 is 0 Å². The van der Waals surface area contributed by atoms with E-state index in [4.69, 9.17) is 9.78 Å². The molecule has 1 N–H and O–H groups in total. The quantitative estimate of drug-likeness (QED) is 0.701. The maximum absolute atomic E-state index is 12.9. The SMILES string of the molecule is N#Cc1ccc(NCCCc2nc(-c3ccc(F)cc3)no2)nc1. The summed E-state index contributed by atoms with van der Waals surface area (Å²) in [5.41, 5.74) is 1.24. The van der Waals surface area contributed by atoms with Gasteiger partial charge in [-0.1, -0.05) is 5.16 Å². The van der Waals surface area contributed by atoms with Crippen LogP contribution in [0.1, 0.15) is 17.9 Å². The Morgan fingerprint density at radius 2 is 2.00 bits per heavy atom. The van der Waals surface area contributed by atoms with E-state index in [9.17, 15) is 4.39 Å². The number of aryl methyl sites for hydroxylation is 1. The van der Waals surface area contributed by atoms with Crippen molar-refractivity contribution in [3.8, 4) is 17.5 Å². The largest absolute Gasteiger partial charge is 0.370 e. The molecule has 0 bridgehead atoms. The summed E-state index contributed by atoms with van der Waals surface area (Å²) in [5, 5.41) is 15.8. The van der Waals surface area contributed by atoms with Crippen LogP contribution in [0.5, 0.6) is 0 Å². The number of nitriles is 1. The zero-order valence-electron chi connectivity index (χ0n) is 12.7. The lowest BCUT2D eigenvalue weighted by Crippen LogP contribution is -2.04. The van der Waals surface area contributed by atoms with Crippen LogP contribution in [0.2, 0.25) is 0 Å². The fraction of sp³-hybridized carbons (Fsp3) is 0.176. The van der Waals surface area contributed by atoms with Gasteiger partial charge in [0.15, 0.2) is 0 Å². The number of rotatable bonds is 6. The van der Waals surface area contributed by atoms with Crippen molar-refractivity contribution in [3.05, 3.63) is 59.9 Å². The maximum Gasteiger partial charge on any atom is 0.227 e. The van der Waals surface area contributed by atoms with E-state index >= 15 is 0 Å². The average Bonchev–Trinajstić information content (AvgIpc) is 3.09. The fourth-order valence-electron chi connectivity index (χ4n) is 2.09. The number of benzene rings is 1. The highest BCUT2D eigenvalue weighted by Gasteiger charge is 2.08. The third kappa shape index (κ3) is 3.93. The number of anilines is 1. The van der Waals surface area contributed by atoms with E-state index in [-0.39, 0.29) is 5.82 Å². The van der Waals surface area contributed by atoms with Crippen molar-refractivity contribution in [2.75, 3.05) is 11.9 Å². The molecule has 3 aromatic rings. The third-order valence-electron chi connectivity index (χ3n) is 3.34. The van der Waals surface area contributed by atoms with E-state index in [1.54, 1.807) is 24.3 Å². The van der Waals surface area contributed by atoms with Crippen molar-refractivity contribution < 1.29 is 8.91 Å². The molecule has 3 rings (SSSR count). The second-order valence-corrected chi connectivity index (χ2v) is 5.09. The zero-order valence-corrected chi connectivity index (χ0v) is 12.7. The van der Waals surface area contributed by atoms with Crippen molar-refractivity contribution in [3.63, 3.8) is 0 Å². The molecule has 0 aliphatic heterocycles. The molecule has 0 radical (unpaired) electrons. The topological polar surface area (TPSA) is 87.6 Å². The fourth-order valence-corrected chi connectivity index (χ4v) is 2.09. The van der Waals surface area contributed by atoms with Crippen molar-refractivity contribution in [1.29, 1.82) is 5.26 Å². The number of hydrogen-bond acceptors (Lipinski definition) is 6. The smallest absolute Gasteiger partial charge is 0.227 e. The molecule has 7 heteroatoms. The summed E-state index contributed by atoms with van der Waals surface area (Å²) in [6, 6.07) is 11.4. The van der Waals surface area contributed by atoms with Gasteiger partial charge in [-0.2, -0.15) is 10.2 Å². The van der Waals surface area contributed by atoms with Gasteiger partial charge < -0.3 is 9.84 Å². The molecule has 0 aliphatic carbocycles. The van der Waals surface area contributed by atoms with Gasteiger partial charge in [0, 0.05) is 24.7 Å². The molecule has 0 atom stereocenters. The molecule has 0 spiro atoms. The second kappa shape index (κ2) is 7.33. The Hall–Kier alpha value is -3.27. The lowest BCUT2D eigenvalue weighted by molar-refractivity contribution is 0.377. The van der Waals surface area contributed by atoms with E-state index in [1.807, 2.05) is 6.07 Å². The molecule has 0 fully saturated rings. The van der Waals surface area contributed by atoms with Crippen LogP contribution in [-0.4, -0.2) is 21.7 Å². The highest BCUT2D eigenvalue weighted by Crippen LogP contribution is 2.16. The van der Waals surface area contributed by atoms with E-state index in [0.29, 0.717) is 41.6 Å². The summed E-state index contributed by atoms with van der Waals surface area (Å²) in [5.74, 6) is 1.40. The minimum Gasteiger partial charge on any atom is -0.370 e. The predicted molar refractivity (Wildman–Crippen MR) is 85.5 cm³/mol. The van der Waals surface area contributed by atoms with Gasteiger partial charge in [0.2, 0.25) is 11.7 Å². The number of nitrogens with one attached hydrogen (secondary N) is 1. The Balaban J connectivity index is 1.48. The van der Waals surface area contributed by atoms with Crippen LogP contribution in [0.25, 0.3) is 11.4 Å². The number of pyridine rings is 1. The van der Waals surface area contributed by atoms with Gasteiger partial charge in [-0.3, -0.25) is 0 Å². The maximum atomic E-state index is 12.9. The summed E-state index contributed by atoms with van der Waals surface area (Å²) in [6.07, 6.45) is 2.93. The molecule has 0 amide bonds. The number of nitrogens with zero attached hydrogens (tertiary/aromatic N) is 4. The van der Waals surface area contributed by atoms with Crippen molar-refractivity contribution in [2.45, 2.75) is 12.8 Å². The molecule has 0 aliphatic rings. The first kappa shape index (κ1) is 15.6. The first-order valence-electron chi connectivity index (χ1n) is 7.43. The summed E-state index contributed by atoms with van der Waals surface area (Å²) >= 11 is 0. The van der Waals surface area contributed by atoms with Gasteiger partial charge in [-0.05, 0) is 42.8 Å². The standard InChI is InChI=1S/C17H14FN5O/c18-14-6-4-13(5-7-14)17-22-16(24-23-17)2-1-9-20-15-8-3-12(10-19)11-21-15/h3-8,11H,1-2,9H2,(H,20,21). The summed E-state index contributed by atoms with van der Waals surface area (Å²) < 4.78 is 18.1. The highest BCUT2D eigenvalue weighted by atomic mass is 19.1. The lowest BCUT2D eigenvalue weighted by Gasteiger charge is -2.03. The molecule has 120 valence electrons. The minimum absolute atomic E-state index is 0.301. The molecular weight excluding hydrogens is 309 g/mol. The Bertz CT molecular complexity index is 837. The second-order valence-electron chi connectivity index (χ2n) is 5.09. The van der Waals surface area contributed by atoms with Gasteiger partial charge in [0.1, 0.15) is 17.7 Å². The molecular formula is C17H14FN5O. The first-order valence-corrected chi connectivity index (χ1v) is 7.43. The van der Waals surface area contributed by atoms with E-state index in [1.165, 1.54) is 18.3 Å². The Morgan fingerprint density at radius 1 is 1.17 bits per heavy atom. The van der Waals surface area contributed by atoms with Crippen LogP contribution < -0.4 is 5.32 Å². The molecule has 2 heterocycles. The summed E-state index contributed by atoms with van der Waals surface area (Å²) in [4.78, 5) is 8.43. The molecule has 1 aromatic carbocycles. The Morgan fingerprint density at radius 3 is 2.71 bits per heavy atom. The molecule has 0 unspecified atom stereocenters. The first-order chi connectivity index (χ1) is 11.7. The number of hydrogen-bond donors (Lipinski definition) is 1. The van der Waals surface area contributed by atoms with Crippen molar-refractivity contribution in [1.82, 2.24) is 15.1 Å². The van der Waals surface area contributed by atoms with Crippen molar-refractivity contribution in [2.24, 2.45) is 0 Å². The monoisotopic (exact) mass is 323 g/mol. The zero-order chi connectivity index (χ0) is 16.8. The van der Waals surface area contributed by atoms with Gasteiger partial charge in [0.05, 0.1) is 5.56 Å². The normalized spacial score (nSPS) is 10.3. The van der Waals surface area contributed by atoms with Crippen LogP contribution in [0.4, 0.5) is 10.2 Å². The van der Waals surface area contributed by atoms with E-state index in [0.717, 1.165) is 6.42 Å². The Labute approximate surface area is 138 Å². The molecule has 2 aromatic heterocycles. The van der Waals surface area contributed by atoms with Crippen LogP contribution in [-0.2, 0) is 6.42 Å². The lowest BCUT2D eigenvalue weighted by atomic mass is 10.2. The third-order valence-corrected chi connectivity index (χ3v) is 3.34. The van der Waals surface area contributed by atoms with E-state index < -0.39 is 0 Å². The summed E-state index contributed by atoms with van der Waals surface area (Å²) in [7, 11) is 0. The number of halogens is 1. The van der Waals surface area contributed by atoms with Gasteiger partial charge in [0.25, 0.3) is 0 Å². The van der Waals surface area contributed by atoms with Crippen LogP contribution in [0.15, 0.2) is 47.1 Å².